The second-order valence-corrected chi connectivity index (χ2v) is 14.6. The van der Waals surface area contributed by atoms with Crippen molar-refractivity contribution in [3.05, 3.63) is 154 Å². The standard InChI is InChI=1S/C41H30N2S2/c1-24-7-3-4-8-29(24)32-10-6-5-9-30(32)25(2)34-19-26(22-42)11-14-31(34)28-13-17-38-36(21-28)40-39(44-38)18-15-33-35-20-27(23-43)12-16-37(35)45-41(33)40/h3-21,24-25,29,36,38H,1-2H3/t24?,25-,29?,36?,38?/m0/s1. The van der Waals surface area contributed by atoms with Gasteiger partial charge in [-0.3, -0.25) is 0 Å². The van der Waals surface area contributed by atoms with Crippen molar-refractivity contribution in [1.29, 1.82) is 10.5 Å². The van der Waals surface area contributed by atoms with Crippen LogP contribution in [0, 0.1) is 28.6 Å². The van der Waals surface area contributed by atoms with E-state index in [1.807, 2.05) is 41.3 Å². The van der Waals surface area contributed by atoms with Gasteiger partial charge < -0.3 is 0 Å². The summed E-state index contributed by atoms with van der Waals surface area (Å²) in [5.41, 5.74) is 9.06. The van der Waals surface area contributed by atoms with Gasteiger partial charge in [-0.2, -0.15) is 10.5 Å². The van der Waals surface area contributed by atoms with Gasteiger partial charge >= 0.3 is 0 Å². The van der Waals surface area contributed by atoms with Crippen molar-refractivity contribution in [2.24, 2.45) is 5.92 Å². The number of thiophene rings is 1. The number of fused-ring (bicyclic) bond motifs is 7. The number of thioether (sulfide) groups is 1. The summed E-state index contributed by atoms with van der Waals surface area (Å²) in [4.78, 5) is 1.35. The first-order valence-electron chi connectivity index (χ1n) is 15.5. The second-order valence-electron chi connectivity index (χ2n) is 12.3. The highest BCUT2D eigenvalue weighted by Gasteiger charge is 2.35. The largest absolute Gasteiger partial charge is 0.192 e. The Labute approximate surface area is 272 Å². The molecule has 3 aliphatic rings. The first kappa shape index (κ1) is 27.9. The predicted octanol–water partition coefficient (Wildman–Crippen LogP) is 11.0. The summed E-state index contributed by atoms with van der Waals surface area (Å²) >= 11 is 3.79. The Hall–Kier alpha value is -4.61. The molecule has 5 atom stereocenters. The third-order valence-corrected chi connectivity index (χ3v) is 12.3. The van der Waals surface area contributed by atoms with Crippen LogP contribution in [-0.4, -0.2) is 5.25 Å². The molecule has 0 fully saturated rings. The van der Waals surface area contributed by atoms with Crippen LogP contribution in [0.4, 0.5) is 0 Å². The quantitative estimate of drug-likeness (QED) is 0.202. The van der Waals surface area contributed by atoms with E-state index in [1.165, 1.54) is 58.5 Å². The van der Waals surface area contributed by atoms with Crippen molar-refractivity contribution < 1.29 is 0 Å². The van der Waals surface area contributed by atoms with E-state index in [-0.39, 0.29) is 11.8 Å². The van der Waals surface area contributed by atoms with E-state index in [0.717, 1.165) is 0 Å². The molecule has 4 aromatic carbocycles. The molecular formula is C41H30N2S2. The van der Waals surface area contributed by atoms with Gasteiger partial charge in [0.05, 0.1) is 23.3 Å². The summed E-state index contributed by atoms with van der Waals surface area (Å²) in [5.74, 6) is 1.11. The molecule has 4 heteroatoms. The maximum Gasteiger partial charge on any atom is 0.0991 e. The minimum absolute atomic E-state index is 0.108. The molecule has 0 saturated heterocycles. The molecule has 0 amide bonds. The zero-order valence-electron chi connectivity index (χ0n) is 25.1. The maximum atomic E-state index is 9.92. The Morgan fingerprint density at radius 1 is 0.778 bits per heavy atom. The van der Waals surface area contributed by atoms with Crippen LogP contribution >= 0.6 is 23.1 Å². The number of hydrogen-bond acceptors (Lipinski definition) is 4. The smallest absolute Gasteiger partial charge is 0.0991 e. The van der Waals surface area contributed by atoms with Crippen LogP contribution in [-0.2, 0) is 0 Å². The molecule has 5 aromatic rings. The van der Waals surface area contributed by atoms with E-state index in [2.05, 4.69) is 123 Å². The number of allylic oxidation sites excluding steroid dienone is 7. The third-order valence-electron chi connectivity index (χ3n) is 9.73. The van der Waals surface area contributed by atoms with Gasteiger partial charge in [-0.1, -0.05) is 92.8 Å². The lowest BCUT2D eigenvalue weighted by Crippen LogP contribution is -2.13. The van der Waals surface area contributed by atoms with Gasteiger partial charge in [0.1, 0.15) is 0 Å². The van der Waals surface area contributed by atoms with Crippen LogP contribution in [0.3, 0.4) is 0 Å². The van der Waals surface area contributed by atoms with Crippen molar-refractivity contribution in [2.75, 3.05) is 0 Å². The average molecular weight is 615 g/mol. The summed E-state index contributed by atoms with van der Waals surface area (Å²) in [6.07, 6.45) is 16.0. The highest BCUT2D eigenvalue weighted by molar-refractivity contribution is 8.00. The van der Waals surface area contributed by atoms with E-state index in [9.17, 15) is 10.5 Å². The SMILES string of the molecule is CC1C=CC=CC1c1ccccc1[C@H](C)c1cc(C#N)ccc1C1=CC2c3c(ccc4c3sc3ccc(C#N)cc34)SC2C=C1. The van der Waals surface area contributed by atoms with E-state index >= 15 is 0 Å². The molecule has 0 bridgehead atoms. The minimum Gasteiger partial charge on any atom is -0.192 e. The molecule has 8 rings (SSSR count). The molecule has 0 spiro atoms. The van der Waals surface area contributed by atoms with Crippen molar-refractivity contribution in [2.45, 2.75) is 41.7 Å². The summed E-state index contributed by atoms with van der Waals surface area (Å²) in [7, 11) is 0. The molecular weight excluding hydrogens is 585 g/mol. The van der Waals surface area contributed by atoms with Crippen molar-refractivity contribution in [1.82, 2.24) is 0 Å². The molecule has 0 radical (unpaired) electrons. The lowest BCUT2D eigenvalue weighted by atomic mass is 9.76. The molecule has 216 valence electrons. The number of nitrogens with zero attached hydrogens (tertiary/aromatic N) is 2. The van der Waals surface area contributed by atoms with Crippen LogP contribution in [0.15, 0.2) is 120 Å². The van der Waals surface area contributed by atoms with Crippen LogP contribution in [0.25, 0.3) is 25.7 Å². The monoisotopic (exact) mass is 614 g/mol. The van der Waals surface area contributed by atoms with Crippen LogP contribution in [0.2, 0.25) is 0 Å². The number of rotatable bonds is 4. The lowest BCUT2D eigenvalue weighted by Gasteiger charge is -2.28. The van der Waals surface area contributed by atoms with Crippen molar-refractivity contribution in [3.63, 3.8) is 0 Å². The first-order valence-corrected chi connectivity index (χ1v) is 17.2. The fraction of sp³-hybridized carbons (Fsp3) is 0.171. The van der Waals surface area contributed by atoms with E-state index in [4.69, 9.17) is 0 Å². The van der Waals surface area contributed by atoms with Gasteiger partial charge in [0.2, 0.25) is 0 Å². The Bertz CT molecular complexity index is 2230. The molecule has 0 saturated carbocycles. The zero-order chi connectivity index (χ0) is 30.7. The van der Waals surface area contributed by atoms with Crippen LogP contribution in [0.5, 0.6) is 0 Å². The average Bonchev–Trinajstić information content (AvgIpc) is 3.65. The predicted molar refractivity (Wildman–Crippen MR) is 189 cm³/mol. The van der Waals surface area contributed by atoms with Crippen LogP contribution < -0.4 is 0 Å². The van der Waals surface area contributed by atoms with Gasteiger partial charge in [-0.25, -0.2) is 0 Å². The molecule has 0 N–H and O–H groups in total. The van der Waals surface area contributed by atoms with Gasteiger partial charge in [0, 0.05) is 48.1 Å². The lowest BCUT2D eigenvalue weighted by molar-refractivity contribution is 0.626. The third kappa shape index (κ3) is 4.60. The van der Waals surface area contributed by atoms with E-state index in [0.29, 0.717) is 28.2 Å². The maximum absolute atomic E-state index is 9.92. The topological polar surface area (TPSA) is 47.6 Å². The number of benzene rings is 4. The van der Waals surface area contributed by atoms with E-state index in [1.54, 1.807) is 0 Å². The summed E-state index contributed by atoms with van der Waals surface area (Å²) in [5, 5.41) is 22.2. The van der Waals surface area contributed by atoms with Gasteiger partial charge in [0.25, 0.3) is 0 Å². The Balaban J connectivity index is 1.24. The normalized spacial score (nSPS) is 22.1. The number of nitriles is 2. The van der Waals surface area contributed by atoms with Gasteiger partial charge in [-0.05, 0) is 75.7 Å². The number of hydrogen-bond donors (Lipinski definition) is 0. The second kappa shape index (κ2) is 11.1. The highest BCUT2D eigenvalue weighted by atomic mass is 32.2. The Morgan fingerprint density at radius 2 is 1.58 bits per heavy atom. The van der Waals surface area contributed by atoms with Gasteiger partial charge in [-0.15, -0.1) is 23.1 Å². The fourth-order valence-corrected chi connectivity index (χ4v) is 10.1. The first-order chi connectivity index (χ1) is 22.0. The zero-order valence-corrected chi connectivity index (χ0v) is 26.7. The molecule has 2 nitrogen and oxygen atoms in total. The molecule has 1 aromatic heterocycles. The van der Waals surface area contributed by atoms with Crippen molar-refractivity contribution in [3.8, 4) is 12.1 Å². The summed E-state index contributed by atoms with van der Waals surface area (Å²) in [6, 6.07) is 30.3. The Kier molecular flexibility index (Phi) is 6.87. The fourth-order valence-electron chi connectivity index (χ4n) is 7.41. The Morgan fingerprint density at radius 3 is 2.42 bits per heavy atom. The molecule has 4 unspecified atom stereocenters. The minimum atomic E-state index is 0.108. The molecule has 1 aliphatic heterocycles. The molecule has 2 aliphatic carbocycles. The summed E-state index contributed by atoms with van der Waals surface area (Å²) < 4.78 is 2.55. The van der Waals surface area contributed by atoms with Gasteiger partial charge in [0.15, 0.2) is 0 Å². The van der Waals surface area contributed by atoms with Crippen molar-refractivity contribution >= 4 is 48.8 Å². The molecule has 2 heterocycles. The highest BCUT2D eigenvalue weighted by Crippen LogP contribution is 2.54. The van der Waals surface area contributed by atoms with Crippen LogP contribution in [0.1, 0.15) is 70.5 Å². The summed E-state index contributed by atoms with van der Waals surface area (Å²) in [6.45, 7) is 4.58. The van der Waals surface area contributed by atoms with E-state index < -0.39 is 0 Å². The molecule has 45 heavy (non-hydrogen) atoms.